The molecule has 3 aromatic rings. The molecule has 0 amide bonds. The number of esters is 3. The van der Waals surface area contributed by atoms with Crippen molar-refractivity contribution < 1.29 is 51.3 Å². The molecular weight excluding hydrogens is 844 g/mol. The number of unbranched alkanes of at least 4 members (excludes halogenated alkanes) is 4. The summed E-state index contributed by atoms with van der Waals surface area (Å²) in [6, 6.07) is 4.19. The fraction of sp³-hybridized carbons (Fsp3) is 0.667. The normalized spacial score (nSPS) is 27.4. The van der Waals surface area contributed by atoms with E-state index < -0.39 is 40.5 Å². The quantitative estimate of drug-likeness (QED) is 0.0532. The van der Waals surface area contributed by atoms with Gasteiger partial charge in [-0.1, -0.05) is 65.2 Å². The summed E-state index contributed by atoms with van der Waals surface area (Å²) in [5.41, 5.74) is -1.72. The second-order valence-electron chi connectivity index (χ2n) is 19.2. The highest BCUT2D eigenvalue weighted by molar-refractivity contribution is 7.22. The molecule has 350 valence electrons. The zero-order valence-electron chi connectivity index (χ0n) is 37.7. The van der Waals surface area contributed by atoms with E-state index in [-0.39, 0.29) is 75.5 Å². The number of thiazole rings is 1. The summed E-state index contributed by atoms with van der Waals surface area (Å²) in [4.78, 5) is 57.3. The average molecular weight is 910 g/mol. The third kappa shape index (κ3) is 12.1. The monoisotopic (exact) mass is 909 g/mol. The zero-order valence-corrected chi connectivity index (χ0v) is 38.5. The van der Waals surface area contributed by atoms with Crippen LogP contribution in [0.4, 0.5) is 13.2 Å². The van der Waals surface area contributed by atoms with Gasteiger partial charge in [-0.25, -0.2) is 18.2 Å². The van der Waals surface area contributed by atoms with E-state index in [9.17, 15) is 23.6 Å². The topological polar surface area (TPSA) is 118 Å². The molecule has 0 unspecified atom stereocenters. The molecule has 0 atom stereocenters. The Hall–Kier alpha value is -4.00. The van der Waals surface area contributed by atoms with Crippen molar-refractivity contribution in [1.29, 1.82) is 0 Å². The van der Waals surface area contributed by atoms with Crippen LogP contribution in [0.25, 0.3) is 20.8 Å². The van der Waals surface area contributed by atoms with E-state index >= 15 is 8.78 Å². The standard InChI is InChI=1S/C51H66F3NO8S/c1-3-5-7-9-32-11-15-34(16-12-32)48(57)60-38-21-19-36(20-22-38)50(59)62-43-24-23-42(45-46(43)64-47(55-45)44-40(53)29-37(52)30-41(44)54)63-51(31-56)27-25-39(26-28-51)61-49(58)35-17-13-33(14-18-35)10-8-6-4-2/h23-24,29-36,38-39H,3-22,25-28H2,1-2H3. The molecule has 0 spiro atoms. The lowest BCUT2D eigenvalue weighted by Gasteiger charge is -2.36. The second kappa shape index (κ2) is 22.5. The van der Waals surface area contributed by atoms with Crippen LogP contribution in [0.5, 0.6) is 11.5 Å². The number of carbonyl (C=O) groups is 4. The van der Waals surface area contributed by atoms with Gasteiger partial charge in [-0.15, -0.1) is 11.3 Å². The van der Waals surface area contributed by atoms with Crippen molar-refractivity contribution in [3.63, 3.8) is 0 Å². The van der Waals surface area contributed by atoms with Crippen molar-refractivity contribution in [2.75, 3.05) is 0 Å². The lowest BCUT2D eigenvalue weighted by Crippen LogP contribution is -2.44. The van der Waals surface area contributed by atoms with Gasteiger partial charge in [-0.2, -0.15) is 0 Å². The molecule has 4 saturated carbocycles. The summed E-state index contributed by atoms with van der Waals surface area (Å²) < 4.78 is 68.8. The van der Waals surface area contributed by atoms with Crippen LogP contribution in [0.3, 0.4) is 0 Å². The van der Waals surface area contributed by atoms with E-state index in [2.05, 4.69) is 18.8 Å². The summed E-state index contributed by atoms with van der Waals surface area (Å²) in [5, 5.41) is -0.128. The highest BCUT2D eigenvalue weighted by atomic mass is 32.1. The number of fused-ring (bicyclic) bond motifs is 1. The number of ether oxygens (including phenoxy) is 4. The van der Waals surface area contributed by atoms with E-state index in [0.717, 1.165) is 69.0 Å². The molecule has 4 aliphatic carbocycles. The number of benzene rings is 2. The maximum absolute atomic E-state index is 15.1. The van der Waals surface area contributed by atoms with Crippen LogP contribution in [-0.2, 0) is 28.7 Å². The van der Waals surface area contributed by atoms with Crippen LogP contribution >= 0.6 is 11.3 Å². The first-order chi connectivity index (χ1) is 31.0. The fourth-order valence-electron chi connectivity index (χ4n) is 10.5. The number of hydrogen-bond donors (Lipinski definition) is 0. The Balaban J connectivity index is 0.981. The number of aromatic nitrogens is 1. The highest BCUT2D eigenvalue weighted by Gasteiger charge is 2.41. The second-order valence-corrected chi connectivity index (χ2v) is 20.2. The van der Waals surface area contributed by atoms with Gasteiger partial charge >= 0.3 is 17.9 Å². The van der Waals surface area contributed by atoms with E-state index in [1.54, 1.807) is 0 Å². The van der Waals surface area contributed by atoms with Crippen molar-refractivity contribution in [2.45, 2.75) is 186 Å². The minimum atomic E-state index is -1.30. The Morgan fingerprint density at radius 3 is 1.67 bits per heavy atom. The number of halogens is 3. The van der Waals surface area contributed by atoms with Gasteiger partial charge in [0.25, 0.3) is 0 Å². The number of aldehydes is 1. The zero-order chi connectivity index (χ0) is 45.2. The smallest absolute Gasteiger partial charge is 0.314 e. The van der Waals surface area contributed by atoms with E-state index in [1.165, 1.54) is 63.5 Å². The van der Waals surface area contributed by atoms with Crippen molar-refractivity contribution >= 4 is 45.7 Å². The summed E-state index contributed by atoms with van der Waals surface area (Å²) in [7, 11) is 0. The molecule has 13 heteroatoms. The van der Waals surface area contributed by atoms with Gasteiger partial charge in [-0.3, -0.25) is 19.2 Å². The molecule has 0 saturated heterocycles. The Morgan fingerprint density at radius 1 is 0.672 bits per heavy atom. The molecule has 0 radical (unpaired) electrons. The minimum Gasteiger partial charge on any atom is -0.477 e. The third-order valence-electron chi connectivity index (χ3n) is 14.6. The molecule has 9 nitrogen and oxygen atoms in total. The minimum absolute atomic E-state index is 0.0684. The Morgan fingerprint density at radius 2 is 1.16 bits per heavy atom. The first-order valence-corrected chi connectivity index (χ1v) is 25.2. The molecular formula is C51H66F3NO8S. The van der Waals surface area contributed by atoms with Crippen molar-refractivity contribution in [1.82, 2.24) is 4.98 Å². The van der Waals surface area contributed by atoms with Gasteiger partial charge in [0.05, 0.1) is 23.3 Å². The molecule has 0 bridgehead atoms. The molecule has 1 aromatic heterocycles. The molecule has 1 heterocycles. The van der Waals surface area contributed by atoms with Gasteiger partial charge in [-0.05, 0) is 127 Å². The van der Waals surface area contributed by atoms with Crippen LogP contribution < -0.4 is 9.47 Å². The fourth-order valence-corrected chi connectivity index (χ4v) is 11.6. The number of hydrogen-bond acceptors (Lipinski definition) is 10. The summed E-state index contributed by atoms with van der Waals surface area (Å²) in [5.74, 6) is -3.20. The van der Waals surface area contributed by atoms with Gasteiger partial charge < -0.3 is 18.9 Å². The van der Waals surface area contributed by atoms with Crippen LogP contribution in [0.2, 0.25) is 0 Å². The summed E-state index contributed by atoms with van der Waals surface area (Å²) in [6.45, 7) is 4.41. The van der Waals surface area contributed by atoms with Gasteiger partial charge in [0, 0.05) is 12.1 Å². The van der Waals surface area contributed by atoms with Crippen molar-refractivity contribution in [3.05, 3.63) is 41.7 Å². The predicted molar refractivity (Wildman–Crippen MR) is 239 cm³/mol. The maximum atomic E-state index is 15.1. The third-order valence-corrected chi connectivity index (χ3v) is 15.7. The average Bonchev–Trinajstić information content (AvgIpc) is 3.74. The van der Waals surface area contributed by atoms with Crippen LogP contribution in [0.15, 0.2) is 24.3 Å². The largest absolute Gasteiger partial charge is 0.477 e. The van der Waals surface area contributed by atoms with Gasteiger partial charge in [0.15, 0.2) is 17.6 Å². The first-order valence-electron chi connectivity index (χ1n) is 24.3. The van der Waals surface area contributed by atoms with Crippen molar-refractivity contribution in [3.8, 4) is 22.1 Å². The highest BCUT2D eigenvalue weighted by Crippen LogP contribution is 2.45. The van der Waals surface area contributed by atoms with Crippen molar-refractivity contribution in [2.24, 2.45) is 29.6 Å². The van der Waals surface area contributed by atoms with Crippen LogP contribution in [0.1, 0.15) is 168 Å². The number of carbonyl (C=O) groups excluding carboxylic acids is 4. The Bertz CT molecular complexity index is 2040. The van der Waals surface area contributed by atoms with Gasteiger partial charge in [0.2, 0.25) is 0 Å². The van der Waals surface area contributed by atoms with E-state index in [0.29, 0.717) is 62.5 Å². The maximum Gasteiger partial charge on any atom is 0.314 e. The number of rotatable bonds is 18. The Labute approximate surface area is 379 Å². The lowest BCUT2D eigenvalue weighted by molar-refractivity contribution is -0.160. The summed E-state index contributed by atoms with van der Waals surface area (Å²) in [6.07, 6.45) is 20.9. The van der Waals surface area contributed by atoms with Crippen LogP contribution in [-0.4, -0.2) is 47.0 Å². The first kappa shape index (κ1) is 47.9. The SMILES string of the molecule is CCCCCC1CCC(C(=O)OC2CCC(C(=O)Oc3ccc(OC4(C=O)CCC(OC(=O)C5CCC(CCCCC)CC5)CC4)c4nc(-c5c(F)cc(F)cc5F)sc34)CC2)CC1. The molecule has 2 aromatic carbocycles. The van der Waals surface area contributed by atoms with E-state index in [4.69, 9.17) is 18.9 Å². The predicted octanol–water partition coefficient (Wildman–Crippen LogP) is 13.0. The molecule has 4 aliphatic rings. The van der Waals surface area contributed by atoms with E-state index in [1.807, 2.05) is 0 Å². The molecule has 7 rings (SSSR count). The lowest BCUT2D eigenvalue weighted by atomic mass is 9.79. The molecule has 0 N–H and O–H groups in total. The summed E-state index contributed by atoms with van der Waals surface area (Å²) >= 11 is 0.859. The van der Waals surface area contributed by atoms with Gasteiger partial charge in [0.1, 0.15) is 50.6 Å². The van der Waals surface area contributed by atoms with Crippen LogP contribution in [0, 0.1) is 47.0 Å². The Kier molecular flexibility index (Phi) is 16.8. The molecule has 0 aliphatic heterocycles. The number of nitrogens with zero attached hydrogens (tertiary/aromatic N) is 1. The molecule has 64 heavy (non-hydrogen) atoms. The molecule has 4 fully saturated rings.